The summed E-state index contributed by atoms with van der Waals surface area (Å²) >= 11 is 1.14. The first-order valence-electron chi connectivity index (χ1n) is 7.17. The summed E-state index contributed by atoms with van der Waals surface area (Å²) in [5, 5.41) is 4.98. The third-order valence-corrected chi connectivity index (χ3v) is 4.44. The number of benzene rings is 1. The van der Waals surface area contributed by atoms with Gasteiger partial charge in [-0.25, -0.2) is 0 Å². The average molecular weight is 316 g/mol. The van der Waals surface area contributed by atoms with Crippen LogP contribution < -0.4 is 10.1 Å². The van der Waals surface area contributed by atoms with Crippen LogP contribution in [0.4, 0.5) is 4.39 Å². The maximum atomic E-state index is 13.3. The minimum absolute atomic E-state index is 0.166. The lowest BCUT2D eigenvalue weighted by atomic mass is 10.1. The Hall–Kier alpha value is -1.98. The molecule has 3 rings (SSSR count). The molecule has 5 heteroatoms. The minimum atomic E-state index is -0.185. The van der Waals surface area contributed by atoms with Crippen molar-refractivity contribution in [2.45, 2.75) is 12.5 Å². The summed E-state index contributed by atoms with van der Waals surface area (Å²) < 4.78 is 19.5. The summed E-state index contributed by atoms with van der Waals surface area (Å²) in [4.78, 5) is 5.03. The SMILES string of the molecule is CNCC[C@@H](Oc1cccc2cnccc12)c1ccc(F)s1. The second-order valence-corrected chi connectivity index (χ2v) is 6.06. The summed E-state index contributed by atoms with van der Waals surface area (Å²) in [5.74, 6) is 0.801. The summed E-state index contributed by atoms with van der Waals surface area (Å²) in [5.41, 5.74) is 0. The second-order valence-electron chi connectivity index (χ2n) is 4.99. The fourth-order valence-corrected chi connectivity index (χ4v) is 3.18. The van der Waals surface area contributed by atoms with Gasteiger partial charge in [0.15, 0.2) is 5.13 Å². The van der Waals surface area contributed by atoms with E-state index in [1.807, 2.05) is 37.5 Å². The number of halogens is 1. The number of rotatable bonds is 6. The zero-order valence-corrected chi connectivity index (χ0v) is 13.1. The van der Waals surface area contributed by atoms with E-state index in [-0.39, 0.29) is 11.2 Å². The van der Waals surface area contributed by atoms with Crippen LogP contribution in [0, 0.1) is 5.13 Å². The highest BCUT2D eigenvalue weighted by Crippen LogP contribution is 2.33. The number of thiophene rings is 1. The molecule has 114 valence electrons. The number of aromatic nitrogens is 1. The van der Waals surface area contributed by atoms with Gasteiger partial charge in [-0.05, 0) is 37.9 Å². The van der Waals surface area contributed by atoms with Crippen molar-refractivity contribution < 1.29 is 9.13 Å². The zero-order valence-electron chi connectivity index (χ0n) is 12.3. The third kappa shape index (κ3) is 3.26. The van der Waals surface area contributed by atoms with Crippen LogP contribution in [-0.4, -0.2) is 18.6 Å². The van der Waals surface area contributed by atoms with Crippen molar-refractivity contribution in [3.63, 3.8) is 0 Å². The van der Waals surface area contributed by atoms with Crippen LogP contribution in [-0.2, 0) is 0 Å². The van der Waals surface area contributed by atoms with E-state index in [4.69, 9.17) is 4.74 Å². The lowest BCUT2D eigenvalue weighted by molar-refractivity contribution is 0.201. The zero-order chi connectivity index (χ0) is 15.4. The monoisotopic (exact) mass is 316 g/mol. The van der Waals surface area contributed by atoms with Gasteiger partial charge in [0.1, 0.15) is 11.9 Å². The second kappa shape index (κ2) is 6.85. The fraction of sp³-hybridized carbons (Fsp3) is 0.235. The van der Waals surface area contributed by atoms with Crippen molar-refractivity contribution in [1.82, 2.24) is 10.3 Å². The van der Waals surface area contributed by atoms with Crippen LogP contribution in [0.5, 0.6) is 5.75 Å². The molecule has 3 nitrogen and oxygen atoms in total. The van der Waals surface area contributed by atoms with E-state index in [9.17, 15) is 4.39 Å². The first kappa shape index (κ1) is 14.9. The van der Waals surface area contributed by atoms with Crippen LogP contribution in [0.25, 0.3) is 10.8 Å². The van der Waals surface area contributed by atoms with Crippen LogP contribution in [0.3, 0.4) is 0 Å². The van der Waals surface area contributed by atoms with E-state index in [0.717, 1.165) is 45.7 Å². The van der Waals surface area contributed by atoms with Crippen LogP contribution in [0.2, 0.25) is 0 Å². The van der Waals surface area contributed by atoms with Gasteiger partial charge in [0.2, 0.25) is 0 Å². The summed E-state index contributed by atoms with van der Waals surface area (Å²) in [7, 11) is 1.90. The Bertz CT molecular complexity index is 754. The lowest BCUT2D eigenvalue weighted by Gasteiger charge is -2.19. The number of fused-ring (bicyclic) bond motifs is 1. The Balaban J connectivity index is 1.91. The van der Waals surface area contributed by atoms with E-state index in [1.165, 1.54) is 6.07 Å². The summed E-state index contributed by atoms with van der Waals surface area (Å²) in [6.07, 6.45) is 4.18. The topological polar surface area (TPSA) is 34.1 Å². The predicted octanol–water partition coefficient (Wildman–Crippen LogP) is 4.17. The maximum absolute atomic E-state index is 13.3. The first-order chi connectivity index (χ1) is 10.8. The molecule has 0 aliphatic heterocycles. The minimum Gasteiger partial charge on any atom is -0.484 e. The normalized spacial score (nSPS) is 12.5. The number of hydrogen-bond acceptors (Lipinski definition) is 4. The fourth-order valence-electron chi connectivity index (χ4n) is 2.38. The van der Waals surface area contributed by atoms with Crippen molar-refractivity contribution in [3.05, 3.63) is 58.8 Å². The molecule has 0 saturated heterocycles. The quantitative estimate of drug-likeness (QED) is 0.741. The number of nitrogens with zero attached hydrogens (tertiary/aromatic N) is 1. The Morgan fingerprint density at radius 3 is 2.95 bits per heavy atom. The van der Waals surface area contributed by atoms with Crippen molar-refractivity contribution in [2.75, 3.05) is 13.6 Å². The highest BCUT2D eigenvalue weighted by Gasteiger charge is 2.17. The molecule has 1 atom stereocenters. The molecule has 0 unspecified atom stereocenters. The highest BCUT2D eigenvalue weighted by atomic mass is 32.1. The maximum Gasteiger partial charge on any atom is 0.176 e. The van der Waals surface area contributed by atoms with Gasteiger partial charge in [0.25, 0.3) is 0 Å². The molecule has 0 aliphatic rings. The number of pyridine rings is 1. The van der Waals surface area contributed by atoms with Gasteiger partial charge in [0, 0.05) is 34.5 Å². The van der Waals surface area contributed by atoms with Crippen LogP contribution in [0.1, 0.15) is 17.4 Å². The van der Waals surface area contributed by atoms with Crippen molar-refractivity contribution in [1.29, 1.82) is 0 Å². The van der Waals surface area contributed by atoms with E-state index in [0.29, 0.717) is 0 Å². The van der Waals surface area contributed by atoms with E-state index >= 15 is 0 Å². The molecular formula is C17H17FN2OS. The molecular weight excluding hydrogens is 299 g/mol. The van der Waals surface area contributed by atoms with Gasteiger partial charge in [-0.2, -0.15) is 4.39 Å². The third-order valence-electron chi connectivity index (χ3n) is 3.48. The van der Waals surface area contributed by atoms with Crippen LogP contribution >= 0.6 is 11.3 Å². The molecule has 0 spiro atoms. The Kier molecular flexibility index (Phi) is 4.65. The molecule has 0 fully saturated rings. The largest absolute Gasteiger partial charge is 0.484 e. The Morgan fingerprint density at radius 1 is 1.27 bits per heavy atom. The average Bonchev–Trinajstić information content (AvgIpc) is 2.98. The van der Waals surface area contributed by atoms with Gasteiger partial charge >= 0.3 is 0 Å². The molecule has 0 radical (unpaired) electrons. The number of ether oxygens (including phenoxy) is 1. The standard InChI is InChI=1S/C17H17FN2OS/c1-19-9-8-15(16-5-6-17(18)22-16)21-14-4-2-3-12-11-20-10-7-13(12)14/h2-7,10-11,15,19H,8-9H2,1H3/t15-/m1/s1. The lowest BCUT2D eigenvalue weighted by Crippen LogP contribution is -2.15. The van der Waals surface area contributed by atoms with Gasteiger partial charge in [-0.15, -0.1) is 11.3 Å². The van der Waals surface area contributed by atoms with Gasteiger partial charge in [0.05, 0.1) is 0 Å². The molecule has 0 aliphatic carbocycles. The van der Waals surface area contributed by atoms with E-state index in [2.05, 4.69) is 10.3 Å². The molecule has 22 heavy (non-hydrogen) atoms. The van der Waals surface area contributed by atoms with Gasteiger partial charge < -0.3 is 10.1 Å². The molecule has 2 heterocycles. The Morgan fingerprint density at radius 2 is 2.18 bits per heavy atom. The van der Waals surface area contributed by atoms with Crippen molar-refractivity contribution in [3.8, 4) is 5.75 Å². The van der Waals surface area contributed by atoms with Gasteiger partial charge in [-0.3, -0.25) is 4.98 Å². The highest BCUT2D eigenvalue weighted by molar-refractivity contribution is 7.10. The molecule has 1 N–H and O–H groups in total. The van der Waals surface area contributed by atoms with E-state index in [1.54, 1.807) is 12.3 Å². The van der Waals surface area contributed by atoms with Crippen molar-refractivity contribution in [2.24, 2.45) is 0 Å². The first-order valence-corrected chi connectivity index (χ1v) is 7.99. The molecule has 1 aromatic carbocycles. The predicted molar refractivity (Wildman–Crippen MR) is 87.9 cm³/mol. The molecule has 0 saturated carbocycles. The number of hydrogen-bond donors (Lipinski definition) is 1. The summed E-state index contributed by atoms with van der Waals surface area (Å²) in [6, 6.07) is 11.1. The van der Waals surface area contributed by atoms with Crippen molar-refractivity contribution >= 4 is 22.1 Å². The van der Waals surface area contributed by atoms with Crippen LogP contribution in [0.15, 0.2) is 48.8 Å². The van der Waals surface area contributed by atoms with Gasteiger partial charge in [-0.1, -0.05) is 12.1 Å². The smallest absolute Gasteiger partial charge is 0.176 e. The summed E-state index contributed by atoms with van der Waals surface area (Å²) in [6.45, 7) is 0.802. The molecule has 0 bridgehead atoms. The Labute approximate surface area is 132 Å². The molecule has 0 amide bonds. The van der Waals surface area contributed by atoms with E-state index < -0.39 is 0 Å². The molecule has 2 aromatic heterocycles. The molecule has 3 aromatic rings. The number of nitrogens with one attached hydrogen (secondary N) is 1.